The average molecular weight is 395 g/mol. The molecule has 2 aliphatic rings. The summed E-state index contributed by atoms with van der Waals surface area (Å²) in [5.41, 5.74) is 4.98. The van der Waals surface area contributed by atoms with Gasteiger partial charge in [0, 0.05) is 12.1 Å². The van der Waals surface area contributed by atoms with E-state index < -0.39 is 23.6 Å². The highest BCUT2D eigenvalue weighted by Gasteiger charge is 2.31. The monoisotopic (exact) mass is 394 g/mol. The first-order valence-electron chi connectivity index (χ1n) is 8.68. The van der Waals surface area contributed by atoms with Gasteiger partial charge in [0.2, 0.25) is 0 Å². The number of hydrogen-bond acceptors (Lipinski definition) is 5. The third-order valence-corrected chi connectivity index (χ3v) is 4.33. The SMILES string of the molecule is CC(C)(C)OC(=O)NC1CC[C@@H](C(=O)O)C1.Cl.N[C@@H]1CC[C@@H](C(=O)O)C1. The summed E-state index contributed by atoms with van der Waals surface area (Å²) in [7, 11) is 0. The second-order valence-corrected chi connectivity index (χ2v) is 7.80. The molecule has 0 heterocycles. The van der Waals surface area contributed by atoms with Crippen molar-refractivity contribution in [3.63, 3.8) is 0 Å². The van der Waals surface area contributed by atoms with E-state index >= 15 is 0 Å². The van der Waals surface area contributed by atoms with Gasteiger partial charge in [-0.1, -0.05) is 0 Å². The maximum Gasteiger partial charge on any atom is 0.407 e. The quantitative estimate of drug-likeness (QED) is 0.576. The second kappa shape index (κ2) is 10.6. The number of aliphatic carboxylic acids is 2. The molecule has 0 aliphatic heterocycles. The zero-order valence-electron chi connectivity index (χ0n) is 15.6. The van der Waals surface area contributed by atoms with Crippen molar-refractivity contribution < 1.29 is 29.3 Å². The van der Waals surface area contributed by atoms with E-state index in [0.717, 1.165) is 12.8 Å². The molecule has 2 aliphatic carbocycles. The number of carboxylic acids is 2. The number of alkyl carbamates (subject to hydrolysis) is 1. The molecule has 0 aromatic rings. The number of nitrogens with two attached hydrogens (primary N) is 1. The number of carbonyl (C=O) groups excluding carboxylic acids is 1. The number of rotatable bonds is 3. The zero-order chi connectivity index (χ0) is 19.2. The molecule has 2 rings (SSSR count). The van der Waals surface area contributed by atoms with Crippen molar-refractivity contribution in [2.75, 3.05) is 0 Å². The molecule has 4 atom stereocenters. The Morgan fingerprint density at radius 3 is 1.81 bits per heavy atom. The van der Waals surface area contributed by atoms with Crippen molar-refractivity contribution in [2.24, 2.45) is 17.6 Å². The molecule has 2 fully saturated rings. The number of hydrogen-bond donors (Lipinski definition) is 4. The molecule has 2 saturated carbocycles. The predicted molar refractivity (Wildman–Crippen MR) is 98.3 cm³/mol. The summed E-state index contributed by atoms with van der Waals surface area (Å²) in [6.45, 7) is 5.38. The third-order valence-electron chi connectivity index (χ3n) is 4.33. The van der Waals surface area contributed by atoms with E-state index in [9.17, 15) is 14.4 Å². The van der Waals surface area contributed by atoms with Crippen molar-refractivity contribution in [2.45, 2.75) is 77.0 Å². The maximum atomic E-state index is 11.4. The fourth-order valence-corrected chi connectivity index (χ4v) is 3.05. The first-order valence-corrected chi connectivity index (χ1v) is 8.68. The number of amides is 1. The predicted octanol–water partition coefficient (Wildman–Crippen LogP) is 2.38. The summed E-state index contributed by atoms with van der Waals surface area (Å²) in [4.78, 5) is 32.4. The Morgan fingerprint density at radius 1 is 0.962 bits per heavy atom. The van der Waals surface area contributed by atoms with Crippen LogP contribution in [0.1, 0.15) is 59.3 Å². The molecule has 0 aromatic carbocycles. The van der Waals surface area contributed by atoms with Crippen LogP contribution in [0.15, 0.2) is 0 Å². The number of ether oxygens (including phenoxy) is 1. The van der Waals surface area contributed by atoms with Gasteiger partial charge in [-0.25, -0.2) is 4.79 Å². The summed E-state index contributed by atoms with van der Waals surface area (Å²) in [5, 5.41) is 20.0. The van der Waals surface area contributed by atoms with E-state index in [4.69, 9.17) is 20.7 Å². The van der Waals surface area contributed by atoms with Crippen molar-refractivity contribution in [3.8, 4) is 0 Å². The van der Waals surface area contributed by atoms with Gasteiger partial charge in [-0.3, -0.25) is 9.59 Å². The molecule has 9 heteroatoms. The lowest BCUT2D eigenvalue weighted by Crippen LogP contribution is -2.38. The van der Waals surface area contributed by atoms with Crippen LogP contribution in [0.2, 0.25) is 0 Å². The number of halogens is 1. The molecule has 0 bridgehead atoms. The number of nitrogens with one attached hydrogen (secondary N) is 1. The highest BCUT2D eigenvalue weighted by molar-refractivity contribution is 5.85. The van der Waals surface area contributed by atoms with E-state index in [1.165, 1.54) is 0 Å². The lowest BCUT2D eigenvalue weighted by molar-refractivity contribution is -0.142. The molecular formula is C17H31ClN2O6. The Labute approximate surface area is 160 Å². The van der Waals surface area contributed by atoms with Gasteiger partial charge in [-0.15, -0.1) is 12.4 Å². The Balaban J connectivity index is 0.000000532. The smallest absolute Gasteiger partial charge is 0.407 e. The van der Waals surface area contributed by atoms with Crippen LogP contribution in [0.5, 0.6) is 0 Å². The van der Waals surface area contributed by atoms with Crippen LogP contribution in [-0.2, 0) is 14.3 Å². The lowest BCUT2D eigenvalue weighted by atomic mass is 10.1. The van der Waals surface area contributed by atoms with Crippen LogP contribution in [0.3, 0.4) is 0 Å². The minimum absolute atomic E-state index is 0. The molecule has 0 radical (unpaired) electrons. The molecule has 1 unspecified atom stereocenters. The fraction of sp³-hybridized carbons (Fsp3) is 0.824. The van der Waals surface area contributed by atoms with E-state index in [1.807, 2.05) is 0 Å². The summed E-state index contributed by atoms with van der Waals surface area (Å²) in [6.07, 6.45) is 3.65. The van der Waals surface area contributed by atoms with Gasteiger partial charge in [-0.05, 0) is 59.3 Å². The fourth-order valence-electron chi connectivity index (χ4n) is 3.05. The van der Waals surface area contributed by atoms with Gasteiger partial charge in [0.1, 0.15) is 5.60 Å². The van der Waals surface area contributed by atoms with Crippen LogP contribution >= 0.6 is 12.4 Å². The summed E-state index contributed by atoms with van der Waals surface area (Å²) < 4.78 is 5.10. The largest absolute Gasteiger partial charge is 0.481 e. The van der Waals surface area contributed by atoms with Crippen LogP contribution < -0.4 is 11.1 Å². The lowest BCUT2D eigenvalue weighted by Gasteiger charge is -2.21. The second-order valence-electron chi connectivity index (χ2n) is 7.80. The van der Waals surface area contributed by atoms with Gasteiger partial charge in [-0.2, -0.15) is 0 Å². The van der Waals surface area contributed by atoms with E-state index in [0.29, 0.717) is 25.7 Å². The Hall–Kier alpha value is -1.54. The molecule has 152 valence electrons. The summed E-state index contributed by atoms with van der Waals surface area (Å²) in [5.74, 6) is -1.98. The minimum Gasteiger partial charge on any atom is -0.481 e. The minimum atomic E-state index is -0.784. The van der Waals surface area contributed by atoms with Crippen LogP contribution in [0, 0.1) is 11.8 Å². The average Bonchev–Trinajstić information content (AvgIpc) is 3.06. The highest BCUT2D eigenvalue weighted by atomic mass is 35.5. The zero-order valence-corrected chi connectivity index (χ0v) is 16.4. The molecule has 0 saturated heterocycles. The molecule has 1 amide bonds. The Bertz CT molecular complexity index is 494. The summed E-state index contributed by atoms with van der Waals surface area (Å²) >= 11 is 0. The molecule has 0 spiro atoms. The third kappa shape index (κ3) is 9.24. The van der Waals surface area contributed by atoms with Gasteiger partial charge in [0.05, 0.1) is 11.8 Å². The molecule has 5 N–H and O–H groups in total. The van der Waals surface area contributed by atoms with Crippen molar-refractivity contribution in [1.82, 2.24) is 5.32 Å². The van der Waals surface area contributed by atoms with E-state index in [-0.39, 0.29) is 36.3 Å². The first-order chi connectivity index (χ1) is 11.5. The highest BCUT2D eigenvalue weighted by Crippen LogP contribution is 2.26. The normalized spacial score (nSPS) is 27.5. The summed E-state index contributed by atoms with van der Waals surface area (Å²) in [6, 6.07) is 0.0575. The van der Waals surface area contributed by atoms with E-state index in [1.54, 1.807) is 20.8 Å². The molecular weight excluding hydrogens is 364 g/mol. The Kier molecular flexibility index (Phi) is 9.94. The van der Waals surface area contributed by atoms with Crippen molar-refractivity contribution in [1.29, 1.82) is 0 Å². The van der Waals surface area contributed by atoms with Gasteiger partial charge >= 0.3 is 18.0 Å². The molecule has 0 aromatic heterocycles. The Morgan fingerprint density at radius 2 is 1.46 bits per heavy atom. The van der Waals surface area contributed by atoms with Crippen molar-refractivity contribution in [3.05, 3.63) is 0 Å². The molecule has 8 nitrogen and oxygen atoms in total. The number of carboxylic acid groups (broad SMARTS) is 2. The van der Waals surface area contributed by atoms with Crippen LogP contribution in [0.4, 0.5) is 4.79 Å². The van der Waals surface area contributed by atoms with E-state index in [2.05, 4.69) is 5.32 Å². The maximum absolute atomic E-state index is 11.4. The van der Waals surface area contributed by atoms with Crippen molar-refractivity contribution >= 4 is 30.4 Å². The first kappa shape index (κ1) is 24.5. The van der Waals surface area contributed by atoms with Crippen LogP contribution in [-0.4, -0.2) is 45.9 Å². The van der Waals surface area contributed by atoms with Gasteiger partial charge in [0.15, 0.2) is 0 Å². The van der Waals surface area contributed by atoms with Crippen LogP contribution in [0.25, 0.3) is 0 Å². The molecule has 26 heavy (non-hydrogen) atoms. The van der Waals surface area contributed by atoms with Gasteiger partial charge < -0.3 is 26.0 Å². The van der Waals surface area contributed by atoms with Gasteiger partial charge in [0.25, 0.3) is 0 Å². The number of carbonyl (C=O) groups is 3. The standard InChI is InChI=1S/C11H19NO4.C6H11NO2.ClH/c1-11(2,3)16-10(15)12-8-5-4-7(6-8)9(13)14;7-5-2-1-4(3-5)6(8)9;/h7-8H,4-6H2,1-3H3,(H,12,15)(H,13,14);4-5H,1-3,7H2,(H,8,9);1H/t7-,8?;4-,5-;/m11./s1. The topological polar surface area (TPSA) is 139 Å².